The Morgan fingerprint density at radius 3 is 2.53 bits per heavy atom. The highest BCUT2D eigenvalue weighted by atomic mass is 32.2. The molecule has 2 saturated heterocycles. The molecule has 4 rings (SSSR count). The van der Waals surface area contributed by atoms with E-state index in [2.05, 4.69) is 37.2 Å². The van der Waals surface area contributed by atoms with Gasteiger partial charge < -0.3 is 15.1 Å². The zero-order valence-electron chi connectivity index (χ0n) is 17.5. The lowest BCUT2D eigenvalue weighted by molar-refractivity contribution is -0.125. The smallest absolute Gasteiger partial charge is 0.223 e. The maximum Gasteiger partial charge on any atom is 0.223 e. The van der Waals surface area contributed by atoms with Gasteiger partial charge in [0.2, 0.25) is 5.91 Å². The standard InChI is InChI=1S/C23H31N5OS/c29-22(25-11-6-16-27-14-4-5-15-27)19-9-17-28(18-10-19)21-23(26-13-12-24-21)30-20-7-2-1-3-8-20/h1-3,7-8,12-13,19H,4-6,9-11,14-18H2,(H,25,29). The highest BCUT2D eigenvalue weighted by Gasteiger charge is 2.27. The van der Waals surface area contributed by atoms with Crippen molar-refractivity contribution in [3.8, 4) is 0 Å². The van der Waals surface area contributed by atoms with Crippen LogP contribution in [0.25, 0.3) is 0 Å². The van der Waals surface area contributed by atoms with Crippen LogP contribution in [0.15, 0.2) is 52.6 Å². The Morgan fingerprint density at radius 2 is 1.77 bits per heavy atom. The van der Waals surface area contributed by atoms with E-state index in [0.29, 0.717) is 0 Å². The summed E-state index contributed by atoms with van der Waals surface area (Å²) in [6, 6.07) is 10.3. The molecule has 0 spiro atoms. The molecule has 0 atom stereocenters. The minimum atomic E-state index is 0.106. The fourth-order valence-electron chi connectivity index (χ4n) is 4.23. The molecule has 0 unspecified atom stereocenters. The summed E-state index contributed by atoms with van der Waals surface area (Å²) in [5, 5.41) is 4.08. The third-order valence-electron chi connectivity index (χ3n) is 5.92. The lowest BCUT2D eigenvalue weighted by atomic mass is 9.96. The Labute approximate surface area is 183 Å². The summed E-state index contributed by atoms with van der Waals surface area (Å²) in [6.45, 7) is 6.02. The van der Waals surface area contributed by atoms with Crippen LogP contribution < -0.4 is 10.2 Å². The van der Waals surface area contributed by atoms with Crippen molar-refractivity contribution in [2.75, 3.05) is 44.2 Å². The van der Waals surface area contributed by atoms with Gasteiger partial charge in [0.05, 0.1) is 0 Å². The molecule has 1 N–H and O–H groups in total. The molecule has 1 aromatic heterocycles. The SMILES string of the molecule is O=C(NCCCN1CCCC1)C1CCN(c2nccnc2Sc2ccccc2)CC1. The monoisotopic (exact) mass is 425 g/mol. The van der Waals surface area contributed by atoms with Gasteiger partial charge in [-0.05, 0) is 63.9 Å². The maximum absolute atomic E-state index is 12.6. The number of amides is 1. The highest BCUT2D eigenvalue weighted by Crippen LogP contribution is 2.33. The number of piperidine rings is 1. The number of hydrogen-bond donors (Lipinski definition) is 1. The number of carbonyl (C=O) groups is 1. The third kappa shape index (κ3) is 5.73. The normalized spacial score (nSPS) is 17.9. The minimum Gasteiger partial charge on any atom is -0.356 e. The summed E-state index contributed by atoms with van der Waals surface area (Å²) >= 11 is 1.64. The van der Waals surface area contributed by atoms with Crippen molar-refractivity contribution in [2.24, 2.45) is 5.92 Å². The summed E-state index contributed by atoms with van der Waals surface area (Å²) < 4.78 is 0. The topological polar surface area (TPSA) is 61.4 Å². The van der Waals surface area contributed by atoms with Crippen LogP contribution in [0, 0.1) is 5.92 Å². The zero-order valence-corrected chi connectivity index (χ0v) is 18.3. The van der Waals surface area contributed by atoms with Crippen LogP contribution in [-0.2, 0) is 4.79 Å². The number of nitrogens with zero attached hydrogens (tertiary/aromatic N) is 4. The fraction of sp³-hybridized carbons (Fsp3) is 0.522. The van der Waals surface area contributed by atoms with Crippen LogP contribution >= 0.6 is 11.8 Å². The number of benzene rings is 1. The molecule has 0 bridgehead atoms. The van der Waals surface area contributed by atoms with Gasteiger partial charge in [-0.15, -0.1) is 0 Å². The molecular weight excluding hydrogens is 394 g/mol. The average Bonchev–Trinajstić information content (AvgIpc) is 3.31. The van der Waals surface area contributed by atoms with Crippen LogP contribution in [-0.4, -0.2) is 60.0 Å². The Bertz CT molecular complexity index is 804. The van der Waals surface area contributed by atoms with Crippen molar-refractivity contribution in [1.29, 1.82) is 0 Å². The van der Waals surface area contributed by atoms with E-state index in [0.717, 1.165) is 61.2 Å². The molecule has 7 heteroatoms. The summed E-state index contributed by atoms with van der Waals surface area (Å²) in [7, 11) is 0. The number of anilines is 1. The maximum atomic E-state index is 12.6. The molecule has 0 radical (unpaired) electrons. The average molecular weight is 426 g/mol. The molecule has 2 aromatic rings. The van der Waals surface area contributed by atoms with Crippen LogP contribution in [0.1, 0.15) is 32.1 Å². The van der Waals surface area contributed by atoms with Crippen molar-refractivity contribution in [1.82, 2.24) is 20.2 Å². The minimum absolute atomic E-state index is 0.106. The van der Waals surface area contributed by atoms with Gasteiger partial charge in [-0.1, -0.05) is 30.0 Å². The number of likely N-dealkylation sites (tertiary alicyclic amines) is 1. The van der Waals surface area contributed by atoms with Crippen molar-refractivity contribution < 1.29 is 4.79 Å². The molecule has 6 nitrogen and oxygen atoms in total. The van der Waals surface area contributed by atoms with Gasteiger partial charge in [-0.25, -0.2) is 9.97 Å². The predicted molar refractivity (Wildman–Crippen MR) is 121 cm³/mol. The molecule has 30 heavy (non-hydrogen) atoms. The Balaban J connectivity index is 1.24. The van der Waals surface area contributed by atoms with E-state index in [4.69, 9.17) is 0 Å². The molecule has 1 amide bonds. The molecule has 0 saturated carbocycles. The van der Waals surface area contributed by atoms with E-state index in [1.54, 1.807) is 24.2 Å². The van der Waals surface area contributed by atoms with Gasteiger partial charge in [0.25, 0.3) is 0 Å². The number of aromatic nitrogens is 2. The summed E-state index contributed by atoms with van der Waals surface area (Å²) in [5.74, 6) is 1.25. The summed E-state index contributed by atoms with van der Waals surface area (Å²) in [4.78, 5) is 27.7. The van der Waals surface area contributed by atoms with E-state index in [1.165, 1.54) is 25.9 Å². The number of hydrogen-bond acceptors (Lipinski definition) is 6. The predicted octanol–water partition coefficient (Wildman–Crippen LogP) is 3.45. The largest absolute Gasteiger partial charge is 0.356 e. The zero-order chi connectivity index (χ0) is 20.6. The van der Waals surface area contributed by atoms with Crippen molar-refractivity contribution in [3.05, 3.63) is 42.7 Å². The third-order valence-corrected chi connectivity index (χ3v) is 6.91. The summed E-state index contributed by atoms with van der Waals surface area (Å²) in [5.41, 5.74) is 0. The van der Waals surface area contributed by atoms with Crippen LogP contribution in [0.4, 0.5) is 5.82 Å². The van der Waals surface area contributed by atoms with E-state index in [1.807, 2.05) is 18.2 Å². The second kappa shape index (κ2) is 10.8. The molecular formula is C23H31N5OS. The van der Waals surface area contributed by atoms with E-state index in [9.17, 15) is 4.79 Å². The Kier molecular flexibility index (Phi) is 7.59. The lowest BCUT2D eigenvalue weighted by Gasteiger charge is -2.32. The highest BCUT2D eigenvalue weighted by molar-refractivity contribution is 7.99. The van der Waals surface area contributed by atoms with Gasteiger partial charge in [0, 0.05) is 42.8 Å². The van der Waals surface area contributed by atoms with E-state index in [-0.39, 0.29) is 11.8 Å². The second-order valence-electron chi connectivity index (χ2n) is 8.05. The van der Waals surface area contributed by atoms with Gasteiger partial charge in [-0.3, -0.25) is 4.79 Å². The number of nitrogens with one attached hydrogen (secondary N) is 1. The van der Waals surface area contributed by atoms with Crippen molar-refractivity contribution >= 4 is 23.5 Å². The molecule has 1 aromatic carbocycles. The first-order chi connectivity index (χ1) is 14.8. The van der Waals surface area contributed by atoms with Crippen molar-refractivity contribution in [3.63, 3.8) is 0 Å². The molecule has 3 heterocycles. The van der Waals surface area contributed by atoms with Gasteiger partial charge in [0.15, 0.2) is 5.82 Å². The Hall–Kier alpha value is -2.12. The number of carbonyl (C=O) groups excluding carboxylic acids is 1. The molecule has 2 aliphatic rings. The van der Waals surface area contributed by atoms with E-state index >= 15 is 0 Å². The number of rotatable bonds is 8. The first kappa shape index (κ1) is 21.1. The van der Waals surface area contributed by atoms with E-state index < -0.39 is 0 Å². The first-order valence-electron chi connectivity index (χ1n) is 11.1. The Morgan fingerprint density at radius 1 is 1.03 bits per heavy atom. The van der Waals surface area contributed by atoms with Gasteiger partial charge in [0.1, 0.15) is 5.03 Å². The quantitative estimate of drug-likeness (QED) is 0.654. The molecule has 0 aliphatic carbocycles. The molecule has 2 aliphatic heterocycles. The van der Waals surface area contributed by atoms with Crippen LogP contribution in [0.3, 0.4) is 0 Å². The second-order valence-corrected chi connectivity index (χ2v) is 9.12. The fourth-order valence-corrected chi connectivity index (χ4v) is 5.13. The van der Waals surface area contributed by atoms with Crippen LogP contribution in [0.2, 0.25) is 0 Å². The molecule has 2 fully saturated rings. The lowest BCUT2D eigenvalue weighted by Crippen LogP contribution is -2.41. The summed E-state index contributed by atoms with van der Waals surface area (Å²) in [6.07, 6.45) is 8.92. The molecule has 160 valence electrons. The van der Waals surface area contributed by atoms with Crippen molar-refractivity contribution in [2.45, 2.75) is 42.0 Å². The van der Waals surface area contributed by atoms with Gasteiger partial charge in [-0.2, -0.15) is 0 Å². The van der Waals surface area contributed by atoms with Gasteiger partial charge >= 0.3 is 0 Å². The van der Waals surface area contributed by atoms with Crippen LogP contribution in [0.5, 0.6) is 0 Å². The first-order valence-corrected chi connectivity index (χ1v) is 11.9.